The fourth-order valence-electron chi connectivity index (χ4n) is 2.85. The molecule has 0 spiro atoms. The average molecular weight is 377 g/mol. The molecule has 1 unspecified atom stereocenters. The molecule has 3 rings (SSSR count). The first-order valence-electron chi connectivity index (χ1n) is 7.95. The number of hydrogen-bond acceptors (Lipinski definition) is 5. The molecule has 1 aromatic carbocycles. The van der Waals surface area contributed by atoms with Gasteiger partial charge < -0.3 is 20.7 Å². The van der Waals surface area contributed by atoms with Crippen molar-refractivity contribution in [2.45, 2.75) is 13.3 Å². The van der Waals surface area contributed by atoms with Crippen molar-refractivity contribution in [2.24, 2.45) is 5.92 Å². The number of methoxy groups -OCH3 is 1. The third-order valence-electron chi connectivity index (χ3n) is 4.17. The number of amides is 2. The number of benzene rings is 1. The van der Waals surface area contributed by atoms with Crippen LogP contribution in [0.15, 0.2) is 36.5 Å². The van der Waals surface area contributed by atoms with E-state index < -0.39 is 5.92 Å². The Morgan fingerprint density at radius 1 is 1.35 bits per heavy atom. The Labute approximate surface area is 157 Å². The Morgan fingerprint density at radius 3 is 2.77 bits per heavy atom. The molecule has 2 heterocycles. The molecular formula is C18H21ClN4O3. The average Bonchev–Trinajstić information content (AvgIpc) is 2.98. The Bertz CT molecular complexity index is 811. The SMILES string of the molecule is COc1ccc(C)cc1N1CC(C(=O)Nc2ccc(N)nc2)CC1=O.Cl. The van der Waals surface area contributed by atoms with Gasteiger partial charge in [-0.05, 0) is 36.8 Å². The summed E-state index contributed by atoms with van der Waals surface area (Å²) in [4.78, 5) is 30.4. The highest BCUT2D eigenvalue weighted by atomic mass is 35.5. The van der Waals surface area contributed by atoms with Gasteiger partial charge in [0.1, 0.15) is 11.6 Å². The molecule has 1 aliphatic heterocycles. The van der Waals surface area contributed by atoms with Gasteiger partial charge in [0.2, 0.25) is 11.8 Å². The molecule has 3 N–H and O–H groups in total. The summed E-state index contributed by atoms with van der Waals surface area (Å²) in [6, 6.07) is 8.92. The van der Waals surface area contributed by atoms with Crippen molar-refractivity contribution in [1.82, 2.24) is 4.98 Å². The summed E-state index contributed by atoms with van der Waals surface area (Å²) < 4.78 is 5.35. The molecule has 1 atom stereocenters. The van der Waals surface area contributed by atoms with Gasteiger partial charge in [0, 0.05) is 13.0 Å². The van der Waals surface area contributed by atoms with Gasteiger partial charge >= 0.3 is 0 Å². The van der Waals surface area contributed by atoms with Gasteiger partial charge in [-0.15, -0.1) is 12.4 Å². The standard InChI is InChI=1S/C18H20N4O3.ClH/c1-11-3-5-15(25-2)14(7-11)22-10-12(8-17(22)23)18(24)21-13-4-6-16(19)20-9-13;/h3-7,9,12H,8,10H2,1-2H3,(H2,19,20)(H,21,24);1H. The monoisotopic (exact) mass is 376 g/mol. The van der Waals surface area contributed by atoms with Crippen molar-refractivity contribution in [3.8, 4) is 5.75 Å². The van der Waals surface area contributed by atoms with E-state index in [1.807, 2.05) is 25.1 Å². The Morgan fingerprint density at radius 2 is 2.12 bits per heavy atom. The van der Waals surface area contributed by atoms with Gasteiger partial charge in [0.15, 0.2) is 0 Å². The van der Waals surface area contributed by atoms with Gasteiger partial charge in [-0.2, -0.15) is 0 Å². The molecular weight excluding hydrogens is 356 g/mol. The van der Waals surface area contributed by atoms with Crippen LogP contribution in [-0.2, 0) is 9.59 Å². The van der Waals surface area contributed by atoms with Gasteiger partial charge in [0.05, 0.1) is 30.6 Å². The molecule has 0 radical (unpaired) electrons. The van der Waals surface area contributed by atoms with E-state index in [2.05, 4.69) is 10.3 Å². The number of carbonyl (C=O) groups is 2. The van der Waals surface area contributed by atoms with E-state index in [1.165, 1.54) is 6.20 Å². The van der Waals surface area contributed by atoms with Crippen LogP contribution in [0.4, 0.5) is 17.2 Å². The van der Waals surface area contributed by atoms with Crippen molar-refractivity contribution < 1.29 is 14.3 Å². The lowest BCUT2D eigenvalue weighted by atomic mass is 10.1. The Hall–Kier alpha value is -2.80. The number of nitrogens with two attached hydrogens (primary N) is 1. The molecule has 0 aliphatic carbocycles. The summed E-state index contributed by atoms with van der Waals surface area (Å²) in [6.45, 7) is 2.26. The smallest absolute Gasteiger partial charge is 0.229 e. The van der Waals surface area contributed by atoms with Crippen molar-refractivity contribution in [3.63, 3.8) is 0 Å². The zero-order valence-electron chi connectivity index (χ0n) is 14.6. The Balaban J connectivity index is 0.00000243. The largest absolute Gasteiger partial charge is 0.495 e. The normalized spacial score (nSPS) is 16.2. The first kappa shape index (κ1) is 19.5. The van der Waals surface area contributed by atoms with Crippen molar-refractivity contribution in [3.05, 3.63) is 42.1 Å². The maximum atomic E-state index is 12.5. The number of ether oxygens (including phenoxy) is 1. The first-order chi connectivity index (χ1) is 12.0. The van der Waals surface area contributed by atoms with Crippen LogP contribution in [0.5, 0.6) is 5.75 Å². The number of rotatable bonds is 4. The van der Waals surface area contributed by atoms with E-state index in [0.29, 0.717) is 29.5 Å². The minimum Gasteiger partial charge on any atom is -0.495 e. The number of nitrogen functional groups attached to an aromatic ring is 1. The number of pyridine rings is 1. The summed E-state index contributed by atoms with van der Waals surface area (Å²) in [5.74, 6) is 0.248. The second kappa shape index (κ2) is 8.05. The molecule has 138 valence electrons. The van der Waals surface area contributed by atoms with Gasteiger partial charge in [0.25, 0.3) is 0 Å². The number of nitrogens with one attached hydrogen (secondary N) is 1. The highest BCUT2D eigenvalue weighted by Crippen LogP contribution is 2.34. The molecule has 1 aromatic heterocycles. The molecule has 1 saturated heterocycles. The third kappa shape index (κ3) is 4.05. The fraction of sp³-hybridized carbons (Fsp3) is 0.278. The number of halogens is 1. The van der Waals surface area contributed by atoms with Crippen LogP contribution in [0.2, 0.25) is 0 Å². The Kier molecular flexibility index (Phi) is 6.05. The zero-order chi connectivity index (χ0) is 18.0. The minimum atomic E-state index is -0.435. The van der Waals surface area contributed by atoms with E-state index in [-0.39, 0.29) is 30.6 Å². The maximum absolute atomic E-state index is 12.5. The number of hydrogen-bond donors (Lipinski definition) is 2. The quantitative estimate of drug-likeness (QED) is 0.853. The van der Waals surface area contributed by atoms with Gasteiger partial charge in [-0.1, -0.05) is 6.07 Å². The van der Waals surface area contributed by atoms with Crippen LogP contribution in [0.1, 0.15) is 12.0 Å². The predicted molar refractivity (Wildman–Crippen MR) is 103 cm³/mol. The fourth-order valence-corrected chi connectivity index (χ4v) is 2.85. The van der Waals surface area contributed by atoms with Gasteiger partial charge in [-0.25, -0.2) is 4.98 Å². The first-order valence-corrected chi connectivity index (χ1v) is 7.95. The molecule has 1 aliphatic rings. The lowest BCUT2D eigenvalue weighted by molar-refractivity contribution is -0.122. The third-order valence-corrected chi connectivity index (χ3v) is 4.17. The topological polar surface area (TPSA) is 97.6 Å². The number of nitrogens with zero attached hydrogens (tertiary/aromatic N) is 2. The molecule has 0 bridgehead atoms. The zero-order valence-corrected chi connectivity index (χ0v) is 15.4. The van der Waals surface area contributed by atoms with E-state index in [0.717, 1.165) is 5.56 Å². The van der Waals surface area contributed by atoms with E-state index in [4.69, 9.17) is 10.5 Å². The molecule has 0 saturated carbocycles. The van der Waals surface area contributed by atoms with Crippen LogP contribution >= 0.6 is 12.4 Å². The van der Waals surface area contributed by atoms with Crippen molar-refractivity contribution in [2.75, 3.05) is 29.6 Å². The summed E-state index contributed by atoms with van der Waals surface area (Å²) in [5, 5.41) is 2.78. The summed E-state index contributed by atoms with van der Waals surface area (Å²) in [6.07, 6.45) is 1.65. The van der Waals surface area contributed by atoms with Crippen LogP contribution in [0.25, 0.3) is 0 Å². The number of aryl methyl sites for hydroxylation is 1. The van der Waals surface area contributed by atoms with Crippen LogP contribution < -0.4 is 20.7 Å². The van der Waals surface area contributed by atoms with Gasteiger partial charge in [-0.3, -0.25) is 9.59 Å². The lowest BCUT2D eigenvalue weighted by Crippen LogP contribution is -2.28. The van der Waals surface area contributed by atoms with Crippen LogP contribution in [0.3, 0.4) is 0 Å². The minimum absolute atomic E-state index is 0. The summed E-state index contributed by atoms with van der Waals surface area (Å²) in [7, 11) is 1.56. The highest BCUT2D eigenvalue weighted by Gasteiger charge is 2.36. The van der Waals surface area contributed by atoms with E-state index >= 15 is 0 Å². The highest BCUT2D eigenvalue weighted by molar-refractivity contribution is 6.04. The molecule has 2 aromatic rings. The molecule has 26 heavy (non-hydrogen) atoms. The molecule has 8 heteroatoms. The van der Waals surface area contributed by atoms with Crippen LogP contribution in [0, 0.1) is 12.8 Å². The number of carbonyl (C=O) groups excluding carboxylic acids is 2. The summed E-state index contributed by atoms with van der Waals surface area (Å²) >= 11 is 0. The number of aromatic nitrogens is 1. The predicted octanol–water partition coefficient (Wildman–Crippen LogP) is 2.39. The number of anilines is 3. The molecule has 1 fully saturated rings. The van der Waals surface area contributed by atoms with E-state index in [9.17, 15) is 9.59 Å². The lowest BCUT2D eigenvalue weighted by Gasteiger charge is -2.20. The van der Waals surface area contributed by atoms with E-state index in [1.54, 1.807) is 24.1 Å². The van der Waals surface area contributed by atoms with Crippen molar-refractivity contribution in [1.29, 1.82) is 0 Å². The maximum Gasteiger partial charge on any atom is 0.229 e. The molecule has 7 nitrogen and oxygen atoms in total. The second-order valence-electron chi connectivity index (χ2n) is 6.04. The second-order valence-corrected chi connectivity index (χ2v) is 6.04. The summed E-state index contributed by atoms with van der Waals surface area (Å²) in [5.41, 5.74) is 7.80. The van der Waals surface area contributed by atoms with Crippen LogP contribution in [-0.4, -0.2) is 30.5 Å². The molecule has 2 amide bonds. The van der Waals surface area contributed by atoms with Crippen molar-refractivity contribution >= 4 is 41.4 Å².